The van der Waals surface area contributed by atoms with Crippen LogP contribution in [0.3, 0.4) is 0 Å². The monoisotopic (exact) mass is 216 g/mol. The molecule has 0 aliphatic carbocycles. The Balaban J connectivity index is 2.77. The molecule has 0 saturated heterocycles. The molecule has 0 spiro atoms. The first kappa shape index (κ1) is 13.0. The molecular weight excluding hydrogens is 192 g/mol. The van der Waals surface area contributed by atoms with Gasteiger partial charge in [-0.05, 0) is 81.2 Å². The van der Waals surface area contributed by atoms with Crippen LogP contribution in [0.1, 0.15) is 47.1 Å². The van der Waals surface area contributed by atoms with Crippen LogP contribution in [-0.2, 0) is 6.42 Å². The van der Waals surface area contributed by atoms with Crippen LogP contribution < -0.4 is 0 Å². The second-order valence-corrected chi connectivity index (χ2v) is 4.76. The van der Waals surface area contributed by atoms with Crippen molar-refractivity contribution in [1.29, 1.82) is 0 Å². The first-order valence-corrected chi connectivity index (χ1v) is 6.25. The third kappa shape index (κ3) is 2.98. The lowest BCUT2D eigenvalue weighted by Gasteiger charge is -2.14. The number of aryl methyl sites for hydroxylation is 2. The molecule has 0 atom stereocenters. The van der Waals surface area contributed by atoms with Gasteiger partial charge in [0.2, 0.25) is 0 Å². The maximum atomic E-state index is 3.76. The van der Waals surface area contributed by atoms with E-state index in [1.807, 2.05) is 6.08 Å². The van der Waals surface area contributed by atoms with Crippen LogP contribution in [0.2, 0.25) is 0 Å². The van der Waals surface area contributed by atoms with Crippen LogP contribution in [0.4, 0.5) is 0 Å². The topological polar surface area (TPSA) is 0 Å². The zero-order valence-corrected chi connectivity index (χ0v) is 11.2. The van der Waals surface area contributed by atoms with Crippen molar-refractivity contribution in [2.75, 3.05) is 0 Å². The molecule has 16 heavy (non-hydrogen) atoms. The molecule has 0 aromatic heterocycles. The number of benzene rings is 1. The van der Waals surface area contributed by atoms with Crippen molar-refractivity contribution in [2.45, 2.75) is 53.4 Å². The molecule has 1 rings (SSSR count). The van der Waals surface area contributed by atoms with E-state index in [1.54, 1.807) is 0 Å². The maximum absolute atomic E-state index is 3.76. The van der Waals surface area contributed by atoms with Crippen molar-refractivity contribution in [3.63, 3.8) is 0 Å². The summed E-state index contributed by atoms with van der Waals surface area (Å²) in [5, 5.41) is 0. The molecule has 0 aliphatic heterocycles. The Morgan fingerprint density at radius 3 is 2.31 bits per heavy atom. The van der Waals surface area contributed by atoms with Gasteiger partial charge in [0.1, 0.15) is 0 Å². The van der Waals surface area contributed by atoms with Gasteiger partial charge < -0.3 is 0 Å². The summed E-state index contributed by atoms with van der Waals surface area (Å²) >= 11 is 0. The van der Waals surface area contributed by atoms with Gasteiger partial charge in [-0.1, -0.05) is 12.1 Å². The summed E-state index contributed by atoms with van der Waals surface area (Å²) in [4.78, 5) is 0. The normalized spacial score (nSPS) is 10.5. The standard InChI is InChI=1S/C16H24/c1-6-7-8-9-10-16-11-12(2)13(3)14(4)15(16)5/h6,11H,1,7-10H2,2-5H3. The summed E-state index contributed by atoms with van der Waals surface area (Å²) in [5.41, 5.74) is 7.37. The average Bonchev–Trinajstić information content (AvgIpc) is 2.28. The fourth-order valence-electron chi connectivity index (χ4n) is 2.16. The second kappa shape index (κ2) is 5.89. The first-order chi connectivity index (χ1) is 7.57. The number of unbranched alkanes of at least 4 members (excludes halogenated alkanes) is 2. The van der Waals surface area contributed by atoms with E-state index in [-0.39, 0.29) is 0 Å². The molecule has 0 saturated carbocycles. The third-order valence-corrected chi connectivity index (χ3v) is 3.69. The van der Waals surface area contributed by atoms with E-state index in [0.29, 0.717) is 0 Å². The minimum absolute atomic E-state index is 1.14. The van der Waals surface area contributed by atoms with Gasteiger partial charge in [-0.3, -0.25) is 0 Å². The molecular formula is C16H24. The van der Waals surface area contributed by atoms with Gasteiger partial charge >= 0.3 is 0 Å². The summed E-state index contributed by atoms with van der Waals surface area (Å²) in [5.74, 6) is 0. The number of allylic oxidation sites excluding steroid dienone is 1. The molecule has 88 valence electrons. The van der Waals surface area contributed by atoms with E-state index in [0.717, 1.165) is 6.42 Å². The van der Waals surface area contributed by atoms with Crippen molar-refractivity contribution in [3.05, 3.63) is 46.5 Å². The van der Waals surface area contributed by atoms with Gasteiger partial charge in [0.15, 0.2) is 0 Å². The van der Waals surface area contributed by atoms with Gasteiger partial charge in [0, 0.05) is 0 Å². The largest absolute Gasteiger partial charge is 0.103 e. The van der Waals surface area contributed by atoms with Crippen LogP contribution in [0.5, 0.6) is 0 Å². The fourth-order valence-corrected chi connectivity index (χ4v) is 2.16. The van der Waals surface area contributed by atoms with Crippen LogP contribution in [0.25, 0.3) is 0 Å². The molecule has 0 unspecified atom stereocenters. The molecule has 0 bridgehead atoms. The van der Waals surface area contributed by atoms with Crippen molar-refractivity contribution in [2.24, 2.45) is 0 Å². The van der Waals surface area contributed by atoms with Crippen LogP contribution in [0, 0.1) is 27.7 Å². The molecule has 1 aromatic carbocycles. The molecule has 0 heteroatoms. The Labute approximate surface area is 100 Å². The van der Waals surface area contributed by atoms with Gasteiger partial charge in [-0.15, -0.1) is 6.58 Å². The van der Waals surface area contributed by atoms with E-state index in [9.17, 15) is 0 Å². The highest BCUT2D eigenvalue weighted by molar-refractivity contribution is 5.43. The summed E-state index contributed by atoms with van der Waals surface area (Å²) in [6.07, 6.45) is 6.90. The highest BCUT2D eigenvalue weighted by Crippen LogP contribution is 2.22. The number of hydrogen-bond donors (Lipinski definition) is 0. The molecule has 0 fully saturated rings. The van der Waals surface area contributed by atoms with Crippen molar-refractivity contribution in [3.8, 4) is 0 Å². The van der Waals surface area contributed by atoms with E-state index in [4.69, 9.17) is 0 Å². The molecule has 0 heterocycles. The first-order valence-electron chi connectivity index (χ1n) is 6.25. The van der Waals surface area contributed by atoms with Crippen molar-refractivity contribution < 1.29 is 0 Å². The summed E-state index contributed by atoms with van der Waals surface area (Å²) < 4.78 is 0. The van der Waals surface area contributed by atoms with Gasteiger partial charge in [-0.2, -0.15) is 0 Å². The SMILES string of the molecule is C=CCCCCc1cc(C)c(C)c(C)c1C. The smallest absolute Gasteiger partial charge is 0.0276 e. The maximum Gasteiger partial charge on any atom is -0.0276 e. The van der Waals surface area contributed by atoms with Gasteiger partial charge in [0.25, 0.3) is 0 Å². The lowest BCUT2D eigenvalue weighted by molar-refractivity contribution is 0.744. The van der Waals surface area contributed by atoms with Crippen LogP contribution in [-0.4, -0.2) is 0 Å². The minimum atomic E-state index is 1.14. The Morgan fingerprint density at radius 1 is 1.00 bits per heavy atom. The highest BCUT2D eigenvalue weighted by atomic mass is 14.1. The summed E-state index contributed by atoms with van der Waals surface area (Å²) in [6.45, 7) is 12.7. The second-order valence-electron chi connectivity index (χ2n) is 4.76. The zero-order chi connectivity index (χ0) is 12.1. The molecule has 0 amide bonds. The quantitative estimate of drug-likeness (QED) is 0.489. The molecule has 0 aliphatic rings. The Kier molecular flexibility index (Phi) is 4.79. The Bertz CT molecular complexity index is 372. The number of hydrogen-bond acceptors (Lipinski definition) is 0. The van der Waals surface area contributed by atoms with E-state index < -0.39 is 0 Å². The fraction of sp³-hybridized carbons (Fsp3) is 0.500. The molecule has 1 aromatic rings. The minimum Gasteiger partial charge on any atom is -0.103 e. The van der Waals surface area contributed by atoms with Crippen LogP contribution in [0.15, 0.2) is 18.7 Å². The number of rotatable bonds is 5. The molecule has 0 radical (unpaired) electrons. The van der Waals surface area contributed by atoms with Gasteiger partial charge in [-0.25, -0.2) is 0 Å². The lowest BCUT2D eigenvalue weighted by Crippen LogP contribution is -1.98. The van der Waals surface area contributed by atoms with E-state index >= 15 is 0 Å². The third-order valence-electron chi connectivity index (χ3n) is 3.69. The molecule has 0 nitrogen and oxygen atoms in total. The van der Waals surface area contributed by atoms with Crippen molar-refractivity contribution >= 4 is 0 Å². The van der Waals surface area contributed by atoms with E-state index in [2.05, 4.69) is 40.3 Å². The zero-order valence-electron chi connectivity index (χ0n) is 11.2. The summed E-state index contributed by atoms with van der Waals surface area (Å²) in [7, 11) is 0. The van der Waals surface area contributed by atoms with E-state index in [1.165, 1.54) is 47.1 Å². The lowest BCUT2D eigenvalue weighted by atomic mass is 9.92. The predicted octanol–water partition coefficient (Wildman–Crippen LogP) is 4.82. The molecule has 0 N–H and O–H groups in total. The highest BCUT2D eigenvalue weighted by Gasteiger charge is 2.06. The van der Waals surface area contributed by atoms with Gasteiger partial charge in [0.05, 0.1) is 0 Å². The Hall–Kier alpha value is -1.04. The van der Waals surface area contributed by atoms with Crippen molar-refractivity contribution in [1.82, 2.24) is 0 Å². The average molecular weight is 216 g/mol. The predicted molar refractivity (Wildman–Crippen MR) is 73.1 cm³/mol. The Morgan fingerprint density at radius 2 is 1.69 bits per heavy atom. The summed E-state index contributed by atoms with van der Waals surface area (Å²) in [6, 6.07) is 2.37. The van der Waals surface area contributed by atoms with Crippen LogP contribution >= 0.6 is 0 Å².